The summed E-state index contributed by atoms with van der Waals surface area (Å²) in [5.41, 5.74) is 11.8. The van der Waals surface area contributed by atoms with Gasteiger partial charge in [-0.15, -0.1) is 0 Å². The SMILES string of the molecule is CNC(=O)NC(=O)C(C)OC(=O)c1ccc(N)cc1N. The molecule has 3 amide bonds. The largest absolute Gasteiger partial charge is 0.449 e. The highest BCUT2D eigenvalue weighted by atomic mass is 16.5. The monoisotopic (exact) mass is 280 g/mol. The maximum absolute atomic E-state index is 11.8. The smallest absolute Gasteiger partial charge is 0.341 e. The Morgan fingerprint density at radius 1 is 1.25 bits per heavy atom. The Balaban J connectivity index is 2.70. The minimum atomic E-state index is -1.14. The lowest BCUT2D eigenvalue weighted by Crippen LogP contribution is -2.43. The molecule has 8 heteroatoms. The second-order valence-corrected chi connectivity index (χ2v) is 3.96. The summed E-state index contributed by atoms with van der Waals surface area (Å²) in [5.74, 6) is -1.52. The summed E-state index contributed by atoms with van der Waals surface area (Å²) in [6.45, 7) is 1.34. The van der Waals surface area contributed by atoms with Gasteiger partial charge in [0.2, 0.25) is 0 Å². The minimum Gasteiger partial charge on any atom is -0.449 e. The molecule has 8 nitrogen and oxygen atoms in total. The Hall–Kier alpha value is -2.77. The fraction of sp³-hybridized carbons (Fsp3) is 0.250. The van der Waals surface area contributed by atoms with E-state index in [9.17, 15) is 14.4 Å². The number of nitrogens with two attached hydrogens (primary N) is 2. The van der Waals surface area contributed by atoms with Gasteiger partial charge < -0.3 is 21.5 Å². The molecule has 0 saturated heterocycles. The molecule has 6 N–H and O–H groups in total. The van der Waals surface area contributed by atoms with Crippen LogP contribution in [0.3, 0.4) is 0 Å². The van der Waals surface area contributed by atoms with Crippen LogP contribution >= 0.6 is 0 Å². The molecule has 0 aliphatic heterocycles. The molecule has 1 aromatic rings. The molecule has 0 aromatic heterocycles. The average Bonchev–Trinajstić information content (AvgIpc) is 2.37. The van der Waals surface area contributed by atoms with Gasteiger partial charge in [-0.05, 0) is 25.1 Å². The van der Waals surface area contributed by atoms with Crippen LogP contribution in [0.15, 0.2) is 18.2 Å². The fourth-order valence-electron chi connectivity index (χ4n) is 1.32. The Kier molecular flexibility index (Phi) is 4.90. The Morgan fingerprint density at radius 2 is 1.90 bits per heavy atom. The highest BCUT2D eigenvalue weighted by Crippen LogP contribution is 2.17. The molecule has 0 radical (unpaired) electrons. The van der Waals surface area contributed by atoms with E-state index in [0.717, 1.165) is 0 Å². The van der Waals surface area contributed by atoms with Crippen LogP contribution in [0, 0.1) is 0 Å². The molecule has 1 aromatic carbocycles. The predicted octanol–water partition coefficient (Wildman–Crippen LogP) is -0.148. The lowest BCUT2D eigenvalue weighted by molar-refractivity contribution is -0.127. The summed E-state index contributed by atoms with van der Waals surface area (Å²) in [6, 6.07) is 3.61. The number of hydrogen-bond donors (Lipinski definition) is 4. The molecular weight excluding hydrogens is 264 g/mol. The normalized spacial score (nSPS) is 11.3. The van der Waals surface area contributed by atoms with Crippen molar-refractivity contribution in [1.82, 2.24) is 10.6 Å². The summed E-state index contributed by atoms with van der Waals surface area (Å²) >= 11 is 0. The number of carbonyl (C=O) groups excluding carboxylic acids is 3. The maximum atomic E-state index is 11.8. The topological polar surface area (TPSA) is 137 Å². The molecule has 0 saturated carbocycles. The van der Waals surface area contributed by atoms with Crippen LogP contribution in [0.25, 0.3) is 0 Å². The molecule has 0 heterocycles. The van der Waals surface area contributed by atoms with E-state index >= 15 is 0 Å². The number of imide groups is 1. The Bertz CT molecular complexity index is 544. The van der Waals surface area contributed by atoms with Crippen LogP contribution in [0.5, 0.6) is 0 Å². The summed E-state index contributed by atoms with van der Waals surface area (Å²) in [4.78, 5) is 34.3. The number of ether oxygens (including phenoxy) is 1. The number of rotatable bonds is 3. The van der Waals surface area contributed by atoms with Crippen molar-refractivity contribution in [2.75, 3.05) is 18.5 Å². The summed E-state index contributed by atoms with van der Waals surface area (Å²) < 4.78 is 4.91. The van der Waals surface area contributed by atoms with Gasteiger partial charge in [-0.3, -0.25) is 10.1 Å². The number of amides is 3. The first-order valence-corrected chi connectivity index (χ1v) is 5.73. The van der Waals surface area contributed by atoms with E-state index in [2.05, 4.69) is 5.32 Å². The molecule has 1 atom stereocenters. The van der Waals surface area contributed by atoms with Crippen molar-refractivity contribution in [3.05, 3.63) is 23.8 Å². The second-order valence-electron chi connectivity index (χ2n) is 3.96. The van der Waals surface area contributed by atoms with Crippen LogP contribution < -0.4 is 22.1 Å². The molecule has 0 fully saturated rings. The predicted molar refractivity (Wildman–Crippen MR) is 72.7 cm³/mol. The third-order valence-corrected chi connectivity index (χ3v) is 2.41. The summed E-state index contributed by atoms with van der Waals surface area (Å²) in [6.07, 6.45) is -1.14. The lowest BCUT2D eigenvalue weighted by Gasteiger charge is -2.13. The van der Waals surface area contributed by atoms with Gasteiger partial charge in [-0.2, -0.15) is 0 Å². The lowest BCUT2D eigenvalue weighted by atomic mass is 10.1. The molecule has 108 valence electrons. The van der Waals surface area contributed by atoms with E-state index in [1.54, 1.807) is 0 Å². The van der Waals surface area contributed by atoms with E-state index in [1.807, 2.05) is 5.32 Å². The van der Waals surface area contributed by atoms with Gasteiger partial charge in [0.15, 0.2) is 6.10 Å². The van der Waals surface area contributed by atoms with Gasteiger partial charge >= 0.3 is 12.0 Å². The van der Waals surface area contributed by atoms with Crippen LogP contribution in [0.2, 0.25) is 0 Å². The minimum absolute atomic E-state index is 0.0961. The Labute approximate surface area is 115 Å². The zero-order valence-electron chi connectivity index (χ0n) is 11.1. The molecule has 0 spiro atoms. The summed E-state index contributed by atoms with van der Waals surface area (Å²) in [5, 5.41) is 4.20. The molecule has 20 heavy (non-hydrogen) atoms. The quantitative estimate of drug-likeness (QED) is 0.449. The molecule has 1 unspecified atom stereocenters. The molecule has 0 aliphatic carbocycles. The summed E-state index contributed by atoms with van der Waals surface area (Å²) in [7, 11) is 1.36. The first kappa shape index (κ1) is 15.3. The third-order valence-electron chi connectivity index (χ3n) is 2.41. The van der Waals surface area contributed by atoms with Crippen molar-refractivity contribution >= 4 is 29.3 Å². The van der Waals surface area contributed by atoms with Crippen LogP contribution in [-0.2, 0) is 9.53 Å². The molecule has 0 bridgehead atoms. The number of nitrogens with one attached hydrogen (secondary N) is 2. The zero-order chi connectivity index (χ0) is 15.3. The number of esters is 1. The van der Waals surface area contributed by atoms with E-state index < -0.39 is 24.0 Å². The first-order chi connectivity index (χ1) is 9.35. The van der Waals surface area contributed by atoms with Crippen molar-refractivity contribution < 1.29 is 19.1 Å². The van der Waals surface area contributed by atoms with Crippen LogP contribution in [0.4, 0.5) is 16.2 Å². The van der Waals surface area contributed by atoms with E-state index in [1.165, 1.54) is 32.2 Å². The Morgan fingerprint density at radius 3 is 2.45 bits per heavy atom. The van der Waals surface area contributed by atoms with Gasteiger partial charge in [0.05, 0.1) is 5.56 Å². The zero-order valence-corrected chi connectivity index (χ0v) is 11.1. The number of hydrogen-bond acceptors (Lipinski definition) is 6. The number of carbonyl (C=O) groups is 3. The van der Waals surface area contributed by atoms with Crippen molar-refractivity contribution in [2.45, 2.75) is 13.0 Å². The molecule has 0 aliphatic rings. The first-order valence-electron chi connectivity index (χ1n) is 5.73. The van der Waals surface area contributed by atoms with Crippen LogP contribution in [0.1, 0.15) is 17.3 Å². The van der Waals surface area contributed by atoms with E-state index in [4.69, 9.17) is 16.2 Å². The van der Waals surface area contributed by atoms with Crippen molar-refractivity contribution in [2.24, 2.45) is 0 Å². The molecular formula is C12H16N4O4. The van der Waals surface area contributed by atoms with E-state index in [-0.39, 0.29) is 11.3 Å². The highest BCUT2D eigenvalue weighted by molar-refractivity contribution is 6.00. The van der Waals surface area contributed by atoms with Crippen molar-refractivity contribution in [3.8, 4) is 0 Å². The fourth-order valence-corrected chi connectivity index (χ4v) is 1.32. The second kappa shape index (κ2) is 6.41. The number of benzene rings is 1. The van der Waals surface area contributed by atoms with Gasteiger partial charge in [-0.1, -0.05) is 0 Å². The maximum Gasteiger partial charge on any atom is 0.341 e. The van der Waals surface area contributed by atoms with Crippen LogP contribution in [-0.4, -0.2) is 31.1 Å². The van der Waals surface area contributed by atoms with Gasteiger partial charge in [0.1, 0.15) is 0 Å². The third kappa shape index (κ3) is 3.87. The number of nitrogen functional groups attached to an aromatic ring is 2. The average molecular weight is 280 g/mol. The molecule has 1 rings (SSSR count). The van der Waals surface area contributed by atoms with Gasteiger partial charge in [0, 0.05) is 18.4 Å². The van der Waals surface area contributed by atoms with Crippen molar-refractivity contribution in [3.63, 3.8) is 0 Å². The van der Waals surface area contributed by atoms with E-state index in [0.29, 0.717) is 5.69 Å². The van der Waals surface area contributed by atoms with Gasteiger partial charge in [-0.25, -0.2) is 9.59 Å². The highest BCUT2D eigenvalue weighted by Gasteiger charge is 2.21. The number of urea groups is 1. The number of anilines is 2. The standard InChI is InChI=1S/C12H16N4O4/c1-6(10(17)16-12(19)15-2)20-11(18)8-4-3-7(13)5-9(8)14/h3-6H,13-14H2,1-2H3,(H2,15,16,17,19). The van der Waals surface area contributed by atoms with Gasteiger partial charge in [0.25, 0.3) is 5.91 Å². The van der Waals surface area contributed by atoms with Crippen molar-refractivity contribution in [1.29, 1.82) is 0 Å².